The van der Waals surface area contributed by atoms with Gasteiger partial charge in [0.15, 0.2) is 5.75 Å². The summed E-state index contributed by atoms with van der Waals surface area (Å²) in [6.07, 6.45) is 14.3. The first-order valence-corrected chi connectivity index (χ1v) is 10.3. The molecule has 23 heavy (non-hydrogen) atoms. The highest BCUT2D eigenvalue weighted by Crippen LogP contribution is 2.27. The van der Waals surface area contributed by atoms with Crippen LogP contribution in [0, 0.1) is 0 Å². The molecule has 0 saturated heterocycles. The zero-order valence-electron chi connectivity index (χ0n) is 14.5. The second kappa shape index (κ2) is 14.7. The smallest absolute Gasteiger partial charge is 0.229 e. The highest BCUT2D eigenvalue weighted by molar-refractivity contribution is 7.33. The van der Waals surface area contributed by atoms with Gasteiger partial charge in [0.2, 0.25) is 0 Å². The van der Waals surface area contributed by atoms with E-state index in [0.717, 1.165) is 12.8 Å². The molecule has 0 aliphatic carbocycles. The van der Waals surface area contributed by atoms with Crippen molar-refractivity contribution in [1.82, 2.24) is 0 Å². The van der Waals surface area contributed by atoms with E-state index in [1.54, 1.807) is 12.1 Å². The minimum Gasteiger partial charge on any atom is -0.229 e. The van der Waals surface area contributed by atoms with Crippen LogP contribution in [0.3, 0.4) is 0 Å². The number of hydrogen-bond donors (Lipinski definition) is 0. The lowest BCUT2D eigenvalue weighted by atomic mass is 10.1. The van der Waals surface area contributed by atoms with Crippen molar-refractivity contribution in [3.05, 3.63) is 30.3 Å². The fourth-order valence-electron chi connectivity index (χ4n) is 2.50. The van der Waals surface area contributed by atoms with E-state index in [0.29, 0.717) is 12.4 Å². The minimum absolute atomic E-state index is 0.513. The van der Waals surface area contributed by atoms with E-state index in [9.17, 15) is 4.57 Å². The fourth-order valence-corrected chi connectivity index (χ4v) is 3.12. The molecule has 0 saturated carbocycles. The Bertz CT molecular complexity index is 395. The van der Waals surface area contributed by atoms with Crippen LogP contribution in [0.25, 0.3) is 0 Å². The molecular weight excluding hydrogens is 307 g/mol. The summed E-state index contributed by atoms with van der Waals surface area (Å²) >= 11 is 0. The molecule has 0 aromatic heterocycles. The Morgan fingerprint density at radius 2 is 1.30 bits per heavy atom. The molecule has 4 heteroatoms. The summed E-state index contributed by atoms with van der Waals surface area (Å²) < 4.78 is 22.0. The first kappa shape index (κ1) is 20.1. The van der Waals surface area contributed by atoms with E-state index >= 15 is 0 Å². The summed E-state index contributed by atoms with van der Waals surface area (Å²) in [5, 5.41) is 0. The Morgan fingerprint density at radius 1 is 0.783 bits per heavy atom. The van der Waals surface area contributed by atoms with Gasteiger partial charge in [-0.15, -0.1) is 4.52 Å². The summed E-state index contributed by atoms with van der Waals surface area (Å²) in [7, 11) is -2.04. The number of rotatable bonds is 15. The monoisotopic (exact) mass is 339 g/mol. The maximum Gasteiger partial charge on any atom is 0.750 e. The molecule has 0 N–H and O–H groups in total. The number of para-hydroxylation sites is 1. The maximum absolute atomic E-state index is 11.6. The van der Waals surface area contributed by atoms with Crippen molar-refractivity contribution in [2.75, 3.05) is 6.61 Å². The Hall–Kier alpha value is -0.920. The van der Waals surface area contributed by atoms with Gasteiger partial charge < -0.3 is 0 Å². The predicted molar refractivity (Wildman–Crippen MR) is 97.1 cm³/mol. The lowest BCUT2D eigenvalue weighted by molar-refractivity contribution is 0.277. The van der Waals surface area contributed by atoms with Gasteiger partial charge in [0, 0.05) is 4.57 Å². The molecule has 0 fully saturated rings. The van der Waals surface area contributed by atoms with Crippen LogP contribution >= 0.6 is 8.25 Å². The molecule has 1 aromatic rings. The topological polar surface area (TPSA) is 35.5 Å². The normalized spacial score (nSPS) is 11.4. The Labute approximate surface area is 142 Å². The standard InChI is InChI=1S/C19H32O3P/c1-2-3-4-5-6-7-8-9-10-11-15-18-21-23(20)22-19-16-13-12-14-17-19/h12-14,16-17H,2-11,15,18H2,1H3/q+1. The van der Waals surface area contributed by atoms with E-state index in [1.807, 2.05) is 18.2 Å². The largest absolute Gasteiger partial charge is 0.750 e. The van der Waals surface area contributed by atoms with Gasteiger partial charge in [0.1, 0.15) is 6.61 Å². The van der Waals surface area contributed by atoms with Crippen molar-refractivity contribution in [1.29, 1.82) is 0 Å². The molecule has 1 rings (SSSR count). The first-order chi connectivity index (χ1) is 11.3. The van der Waals surface area contributed by atoms with E-state index in [2.05, 4.69) is 6.92 Å². The second-order valence-electron chi connectivity index (χ2n) is 6.00. The van der Waals surface area contributed by atoms with Crippen LogP contribution in [0.2, 0.25) is 0 Å². The van der Waals surface area contributed by atoms with Gasteiger partial charge in [-0.05, 0) is 18.6 Å². The molecule has 0 amide bonds. The first-order valence-electron chi connectivity index (χ1n) is 9.16. The van der Waals surface area contributed by atoms with Gasteiger partial charge in [-0.25, -0.2) is 4.52 Å². The third-order valence-corrected chi connectivity index (χ3v) is 4.62. The minimum atomic E-state index is -2.04. The van der Waals surface area contributed by atoms with Gasteiger partial charge in [-0.3, -0.25) is 0 Å². The van der Waals surface area contributed by atoms with Crippen LogP contribution in [-0.4, -0.2) is 6.61 Å². The maximum atomic E-state index is 11.6. The Morgan fingerprint density at radius 3 is 1.87 bits per heavy atom. The van der Waals surface area contributed by atoms with Gasteiger partial charge in [0.25, 0.3) is 0 Å². The predicted octanol–water partition coefficient (Wildman–Crippen LogP) is 7.05. The number of benzene rings is 1. The molecule has 1 unspecified atom stereocenters. The average Bonchev–Trinajstić information content (AvgIpc) is 2.57. The lowest BCUT2D eigenvalue weighted by Gasteiger charge is -2.01. The van der Waals surface area contributed by atoms with Gasteiger partial charge >= 0.3 is 8.25 Å². The van der Waals surface area contributed by atoms with Crippen LogP contribution in [-0.2, 0) is 9.09 Å². The molecule has 0 aliphatic heterocycles. The van der Waals surface area contributed by atoms with Crippen LogP contribution in [0.4, 0.5) is 0 Å². The third-order valence-electron chi connectivity index (χ3n) is 3.87. The lowest BCUT2D eigenvalue weighted by Crippen LogP contribution is -1.91. The summed E-state index contributed by atoms with van der Waals surface area (Å²) in [4.78, 5) is 0. The Balaban J connectivity index is 1.83. The zero-order chi connectivity index (χ0) is 16.6. The summed E-state index contributed by atoms with van der Waals surface area (Å²) in [6, 6.07) is 9.15. The van der Waals surface area contributed by atoms with Crippen LogP contribution < -0.4 is 4.52 Å². The molecule has 0 radical (unpaired) electrons. The van der Waals surface area contributed by atoms with Crippen LogP contribution in [0.1, 0.15) is 77.6 Å². The molecule has 0 bridgehead atoms. The molecule has 1 aromatic carbocycles. The second-order valence-corrected chi connectivity index (χ2v) is 6.88. The van der Waals surface area contributed by atoms with Crippen LogP contribution in [0.15, 0.2) is 30.3 Å². The molecule has 0 heterocycles. The van der Waals surface area contributed by atoms with Crippen molar-refractivity contribution in [2.45, 2.75) is 77.6 Å². The number of hydrogen-bond acceptors (Lipinski definition) is 3. The van der Waals surface area contributed by atoms with Crippen molar-refractivity contribution < 1.29 is 13.6 Å². The Kier molecular flexibility index (Phi) is 12.8. The van der Waals surface area contributed by atoms with E-state index in [-0.39, 0.29) is 0 Å². The molecule has 3 nitrogen and oxygen atoms in total. The van der Waals surface area contributed by atoms with Crippen LogP contribution in [0.5, 0.6) is 5.75 Å². The third kappa shape index (κ3) is 12.2. The summed E-state index contributed by atoms with van der Waals surface area (Å²) in [5.74, 6) is 0.590. The van der Waals surface area contributed by atoms with Crippen molar-refractivity contribution in [3.63, 3.8) is 0 Å². The molecule has 1 atom stereocenters. The molecular formula is C19H32O3P+. The molecule has 0 aliphatic rings. The van der Waals surface area contributed by atoms with Crippen molar-refractivity contribution in [2.24, 2.45) is 0 Å². The highest BCUT2D eigenvalue weighted by Gasteiger charge is 2.21. The highest BCUT2D eigenvalue weighted by atomic mass is 31.1. The van der Waals surface area contributed by atoms with Gasteiger partial charge in [-0.2, -0.15) is 0 Å². The fraction of sp³-hybridized carbons (Fsp3) is 0.684. The SMILES string of the molecule is CCCCCCCCCCCCCO[P+](=O)Oc1ccccc1. The van der Waals surface area contributed by atoms with Crippen molar-refractivity contribution in [3.8, 4) is 5.75 Å². The van der Waals surface area contributed by atoms with E-state index in [4.69, 9.17) is 9.05 Å². The zero-order valence-corrected chi connectivity index (χ0v) is 15.4. The summed E-state index contributed by atoms with van der Waals surface area (Å²) in [6.45, 7) is 2.77. The van der Waals surface area contributed by atoms with E-state index in [1.165, 1.54) is 57.8 Å². The molecule has 130 valence electrons. The molecule has 0 spiro atoms. The summed E-state index contributed by atoms with van der Waals surface area (Å²) in [5.41, 5.74) is 0. The van der Waals surface area contributed by atoms with E-state index < -0.39 is 8.25 Å². The van der Waals surface area contributed by atoms with Crippen molar-refractivity contribution >= 4 is 8.25 Å². The van der Waals surface area contributed by atoms with Gasteiger partial charge in [0.05, 0.1) is 0 Å². The number of unbranched alkanes of at least 4 members (excludes halogenated alkanes) is 10. The quantitative estimate of drug-likeness (QED) is 0.254. The van der Waals surface area contributed by atoms with Gasteiger partial charge in [-0.1, -0.05) is 89.3 Å². The average molecular weight is 339 g/mol.